The van der Waals surface area contributed by atoms with Gasteiger partial charge in [0.2, 0.25) is 0 Å². The largest absolute Gasteiger partial charge is 0.356 e. The van der Waals surface area contributed by atoms with Crippen molar-refractivity contribution in [2.75, 3.05) is 34.2 Å². The quantitative estimate of drug-likeness (QED) is 0.378. The first-order chi connectivity index (χ1) is 10.6. The average molecular weight is 450 g/mol. The SMILES string of the molecule is CCC1(CNC(=NC)NCC(c2cccs2)N(C)C)CCC1.I. The predicted molar refractivity (Wildman–Crippen MR) is 112 cm³/mol. The van der Waals surface area contributed by atoms with Crippen molar-refractivity contribution < 1.29 is 0 Å². The lowest BCUT2D eigenvalue weighted by atomic mass is 9.67. The maximum atomic E-state index is 4.38. The average Bonchev–Trinajstić information content (AvgIpc) is 2.98. The summed E-state index contributed by atoms with van der Waals surface area (Å²) in [4.78, 5) is 8.02. The Bertz CT molecular complexity index is 463. The summed E-state index contributed by atoms with van der Waals surface area (Å²) in [6.45, 7) is 4.21. The molecule has 0 saturated heterocycles. The van der Waals surface area contributed by atoms with E-state index < -0.39 is 0 Å². The highest BCUT2D eigenvalue weighted by Crippen LogP contribution is 2.42. The molecule has 0 spiro atoms. The summed E-state index contributed by atoms with van der Waals surface area (Å²) in [5, 5.41) is 9.15. The van der Waals surface area contributed by atoms with Crippen LogP contribution in [-0.2, 0) is 0 Å². The van der Waals surface area contributed by atoms with Gasteiger partial charge in [0.1, 0.15) is 0 Å². The Kier molecular flexibility index (Phi) is 8.85. The third-order valence-corrected chi connectivity index (χ3v) is 5.95. The third kappa shape index (κ3) is 5.60. The second-order valence-corrected chi connectivity index (χ2v) is 7.49. The fourth-order valence-corrected chi connectivity index (χ4v) is 3.96. The van der Waals surface area contributed by atoms with Crippen molar-refractivity contribution >= 4 is 41.3 Å². The minimum absolute atomic E-state index is 0. The van der Waals surface area contributed by atoms with Gasteiger partial charge in [-0.1, -0.05) is 19.4 Å². The topological polar surface area (TPSA) is 39.7 Å². The molecule has 1 fully saturated rings. The van der Waals surface area contributed by atoms with Gasteiger partial charge in [0.25, 0.3) is 0 Å². The van der Waals surface area contributed by atoms with E-state index in [0.29, 0.717) is 11.5 Å². The van der Waals surface area contributed by atoms with Crippen molar-refractivity contribution in [3.8, 4) is 0 Å². The number of guanidine groups is 1. The molecule has 2 N–H and O–H groups in total. The number of thiophene rings is 1. The molecule has 0 amide bonds. The van der Waals surface area contributed by atoms with Gasteiger partial charge in [-0.3, -0.25) is 4.99 Å². The van der Waals surface area contributed by atoms with Crippen LogP contribution in [-0.4, -0.2) is 45.1 Å². The number of hydrogen-bond donors (Lipinski definition) is 2. The third-order valence-electron chi connectivity index (χ3n) is 4.98. The molecule has 0 aliphatic heterocycles. The van der Waals surface area contributed by atoms with Crippen molar-refractivity contribution in [3.63, 3.8) is 0 Å². The normalized spacial score (nSPS) is 18.0. The molecule has 1 aromatic rings. The number of nitrogens with one attached hydrogen (secondary N) is 2. The van der Waals surface area contributed by atoms with Crippen LogP contribution in [0.5, 0.6) is 0 Å². The van der Waals surface area contributed by atoms with Gasteiger partial charge in [0.15, 0.2) is 5.96 Å². The predicted octanol–water partition coefficient (Wildman–Crippen LogP) is 3.71. The summed E-state index contributed by atoms with van der Waals surface area (Å²) in [7, 11) is 6.11. The van der Waals surface area contributed by atoms with E-state index in [1.54, 1.807) is 0 Å². The first-order valence-electron chi connectivity index (χ1n) is 8.24. The fraction of sp³-hybridized carbons (Fsp3) is 0.706. The van der Waals surface area contributed by atoms with Gasteiger partial charge in [0, 0.05) is 25.0 Å². The zero-order valence-corrected chi connectivity index (χ0v) is 17.9. The number of rotatable bonds is 7. The first-order valence-corrected chi connectivity index (χ1v) is 9.12. The second-order valence-electron chi connectivity index (χ2n) is 6.51. The first kappa shape index (κ1) is 20.7. The molecule has 2 rings (SSSR count). The van der Waals surface area contributed by atoms with E-state index in [-0.39, 0.29) is 24.0 Å². The van der Waals surface area contributed by atoms with Gasteiger partial charge in [-0.25, -0.2) is 0 Å². The van der Waals surface area contributed by atoms with Crippen molar-refractivity contribution in [3.05, 3.63) is 22.4 Å². The number of likely N-dealkylation sites (N-methyl/N-ethyl adjacent to an activating group) is 1. The molecule has 1 atom stereocenters. The van der Waals surface area contributed by atoms with Crippen LogP contribution in [0.3, 0.4) is 0 Å². The highest BCUT2D eigenvalue weighted by molar-refractivity contribution is 14.0. The second kappa shape index (κ2) is 9.84. The molecule has 0 radical (unpaired) electrons. The van der Waals surface area contributed by atoms with Gasteiger partial charge in [-0.2, -0.15) is 0 Å². The minimum atomic E-state index is 0. The summed E-state index contributed by atoms with van der Waals surface area (Å²) in [5.41, 5.74) is 0.506. The maximum absolute atomic E-state index is 4.38. The van der Waals surface area contributed by atoms with Gasteiger partial charge < -0.3 is 15.5 Å². The molecule has 132 valence electrons. The lowest BCUT2D eigenvalue weighted by molar-refractivity contribution is 0.131. The van der Waals surface area contributed by atoms with Crippen molar-refractivity contribution in [1.29, 1.82) is 0 Å². The van der Waals surface area contributed by atoms with E-state index in [9.17, 15) is 0 Å². The summed E-state index contributed by atoms with van der Waals surface area (Å²) in [5.74, 6) is 0.920. The zero-order valence-electron chi connectivity index (χ0n) is 14.8. The molecular formula is C17H31IN4S. The number of nitrogens with zero attached hydrogens (tertiary/aromatic N) is 2. The van der Waals surface area contributed by atoms with E-state index in [1.807, 2.05) is 18.4 Å². The Hall–Kier alpha value is -0.340. The van der Waals surface area contributed by atoms with E-state index in [2.05, 4.69) is 59.1 Å². The summed E-state index contributed by atoms with van der Waals surface area (Å²) in [6, 6.07) is 4.70. The molecule has 1 aromatic heterocycles. The van der Waals surface area contributed by atoms with Crippen LogP contribution >= 0.6 is 35.3 Å². The summed E-state index contributed by atoms with van der Waals surface area (Å²) >= 11 is 1.81. The van der Waals surface area contributed by atoms with Crippen LogP contribution in [0.15, 0.2) is 22.5 Å². The maximum Gasteiger partial charge on any atom is 0.191 e. The van der Waals surface area contributed by atoms with Crippen LogP contribution in [0.25, 0.3) is 0 Å². The molecule has 1 aliphatic rings. The molecule has 23 heavy (non-hydrogen) atoms. The van der Waals surface area contributed by atoms with E-state index in [1.165, 1.54) is 30.6 Å². The lowest BCUT2D eigenvalue weighted by Crippen LogP contribution is -2.47. The molecule has 1 unspecified atom stereocenters. The Labute approximate surface area is 162 Å². The smallest absolute Gasteiger partial charge is 0.191 e. The molecule has 6 heteroatoms. The van der Waals surface area contributed by atoms with Crippen molar-refractivity contribution in [2.45, 2.75) is 38.6 Å². The molecule has 1 heterocycles. The van der Waals surface area contributed by atoms with Crippen LogP contribution in [0.4, 0.5) is 0 Å². The fourth-order valence-electron chi connectivity index (χ4n) is 3.04. The molecule has 1 aliphatic carbocycles. The molecule has 4 nitrogen and oxygen atoms in total. The zero-order chi connectivity index (χ0) is 16.0. The molecule has 0 bridgehead atoms. The lowest BCUT2D eigenvalue weighted by Gasteiger charge is -2.41. The molecular weight excluding hydrogens is 419 g/mol. The highest BCUT2D eigenvalue weighted by Gasteiger charge is 2.34. The van der Waals surface area contributed by atoms with Crippen molar-refractivity contribution in [2.24, 2.45) is 10.4 Å². The molecule has 1 saturated carbocycles. The Balaban J connectivity index is 0.00000264. The number of hydrogen-bond acceptors (Lipinski definition) is 3. The summed E-state index contributed by atoms with van der Waals surface area (Å²) < 4.78 is 0. The van der Waals surface area contributed by atoms with Gasteiger partial charge in [-0.05, 0) is 50.2 Å². The van der Waals surface area contributed by atoms with Crippen LogP contribution < -0.4 is 10.6 Å². The number of halogens is 1. The van der Waals surface area contributed by atoms with Gasteiger partial charge >= 0.3 is 0 Å². The monoisotopic (exact) mass is 450 g/mol. The Morgan fingerprint density at radius 1 is 1.39 bits per heavy atom. The number of aliphatic imine (C=N–C) groups is 1. The van der Waals surface area contributed by atoms with Crippen LogP contribution in [0.2, 0.25) is 0 Å². The minimum Gasteiger partial charge on any atom is -0.356 e. The Morgan fingerprint density at radius 3 is 2.57 bits per heavy atom. The summed E-state index contributed by atoms with van der Waals surface area (Å²) in [6.07, 6.45) is 5.33. The van der Waals surface area contributed by atoms with Crippen LogP contribution in [0.1, 0.15) is 43.5 Å². The van der Waals surface area contributed by atoms with E-state index in [0.717, 1.165) is 19.0 Å². The van der Waals surface area contributed by atoms with Crippen LogP contribution in [0, 0.1) is 5.41 Å². The standard InChI is InChI=1S/C17H30N4S.HI/c1-5-17(9-7-10-17)13-20-16(18-2)19-12-14(21(3)4)15-8-6-11-22-15;/h6,8,11,14H,5,7,9-10,12-13H2,1-4H3,(H2,18,19,20);1H. The van der Waals surface area contributed by atoms with E-state index in [4.69, 9.17) is 0 Å². The van der Waals surface area contributed by atoms with Gasteiger partial charge in [-0.15, -0.1) is 35.3 Å². The van der Waals surface area contributed by atoms with Crippen molar-refractivity contribution in [1.82, 2.24) is 15.5 Å². The Morgan fingerprint density at radius 2 is 2.13 bits per heavy atom. The van der Waals surface area contributed by atoms with E-state index >= 15 is 0 Å². The highest BCUT2D eigenvalue weighted by atomic mass is 127. The van der Waals surface area contributed by atoms with Gasteiger partial charge in [0.05, 0.1) is 6.04 Å². The molecule has 0 aromatic carbocycles.